The van der Waals surface area contributed by atoms with E-state index in [1.807, 2.05) is 9.80 Å². The summed E-state index contributed by atoms with van der Waals surface area (Å²) in [7, 11) is -0.775. The molecule has 1 fully saturated rings. The van der Waals surface area contributed by atoms with Crippen LogP contribution in [-0.4, -0.2) is 88.5 Å². The van der Waals surface area contributed by atoms with E-state index in [-0.39, 0.29) is 16.6 Å². The van der Waals surface area contributed by atoms with E-state index < -0.39 is 10.0 Å². The van der Waals surface area contributed by atoms with Crippen molar-refractivity contribution in [3.63, 3.8) is 0 Å². The Morgan fingerprint density at radius 1 is 1.03 bits per heavy atom. The zero-order valence-electron chi connectivity index (χ0n) is 17.9. The maximum absolute atomic E-state index is 13.1. The molecular formula is C20H33N3O5S. The Kier molecular flexibility index (Phi) is 8.73. The van der Waals surface area contributed by atoms with Gasteiger partial charge in [0.15, 0.2) is 0 Å². The predicted octanol–water partition coefficient (Wildman–Crippen LogP) is 1.66. The molecule has 0 spiro atoms. The second-order valence-corrected chi connectivity index (χ2v) is 8.98. The molecule has 9 heteroatoms. The van der Waals surface area contributed by atoms with Crippen molar-refractivity contribution in [3.05, 3.63) is 18.2 Å². The molecule has 0 atom stereocenters. The van der Waals surface area contributed by atoms with Crippen LogP contribution in [0.5, 0.6) is 11.5 Å². The van der Waals surface area contributed by atoms with Gasteiger partial charge in [-0.2, -0.15) is 4.31 Å². The molecule has 0 radical (unpaired) electrons. The Bertz CT molecular complexity index is 770. The maximum Gasteiger partial charge on any atom is 0.246 e. The van der Waals surface area contributed by atoms with Crippen LogP contribution in [0, 0.1) is 0 Å². The van der Waals surface area contributed by atoms with Crippen molar-refractivity contribution in [1.29, 1.82) is 0 Å². The van der Waals surface area contributed by atoms with Crippen LogP contribution in [0.1, 0.15) is 26.7 Å². The summed E-state index contributed by atoms with van der Waals surface area (Å²) in [4.78, 5) is 16.6. The summed E-state index contributed by atoms with van der Waals surface area (Å²) in [6, 6.07) is 4.74. The second-order valence-electron chi connectivity index (χ2n) is 7.08. The number of carbonyl (C=O) groups excluding carboxylic acids is 1. The number of hydrogen-bond donors (Lipinski definition) is 0. The van der Waals surface area contributed by atoms with E-state index in [0.29, 0.717) is 38.5 Å². The largest absolute Gasteiger partial charge is 0.497 e. The number of carbonyl (C=O) groups is 1. The summed E-state index contributed by atoms with van der Waals surface area (Å²) in [5.41, 5.74) is 0. The SMILES string of the molecule is CCCN(CCC)C(=O)CN1CCN(S(=O)(=O)c2cc(OC)ccc2OC)CC1. The van der Waals surface area contributed by atoms with Gasteiger partial charge in [-0.25, -0.2) is 8.42 Å². The number of amides is 1. The molecule has 0 aromatic heterocycles. The number of methoxy groups -OCH3 is 2. The molecule has 1 aliphatic heterocycles. The molecule has 1 aliphatic rings. The van der Waals surface area contributed by atoms with E-state index in [1.165, 1.54) is 24.6 Å². The zero-order valence-corrected chi connectivity index (χ0v) is 18.7. The summed E-state index contributed by atoms with van der Waals surface area (Å²) in [6.07, 6.45) is 1.86. The lowest BCUT2D eigenvalue weighted by atomic mass is 10.3. The first kappa shape index (κ1) is 23.4. The quantitative estimate of drug-likeness (QED) is 0.565. The Labute approximate surface area is 174 Å². The van der Waals surface area contributed by atoms with Gasteiger partial charge in [-0.1, -0.05) is 13.8 Å². The van der Waals surface area contributed by atoms with E-state index in [1.54, 1.807) is 12.1 Å². The lowest BCUT2D eigenvalue weighted by Crippen LogP contribution is -2.51. The minimum atomic E-state index is -3.72. The maximum atomic E-state index is 13.1. The Balaban J connectivity index is 2.04. The summed E-state index contributed by atoms with van der Waals surface area (Å²) in [5, 5.41) is 0. The van der Waals surface area contributed by atoms with Crippen molar-refractivity contribution in [1.82, 2.24) is 14.1 Å². The third kappa shape index (κ3) is 5.83. The molecule has 1 aromatic rings. The third-order valence-corrected chi connectivity index (χ3v) is 6.94. The minimum absolute atomic E-state index is 0.0981. The van der Waals surface area contributed by atoms with Crippen LogP contribution in [0.3, 0.4) is 0 Å². The monoisotopic (exact) mass is 427 g/mol. The molecule has 0 saturated carbocycles. The molecule has 8 nitrogen and oxygen atoms in total. The van der Waals surface area contributed by atoms with Gasteiger partial charge in [-0.15, -0.1) is 0 Å². The smallest absolute Gasteiger partial charge is 0.246 e. The van der Waals surface area contributed by atoms with E-state index in [2.05, 4.69) is 13.8 Å². The van der Waals surface area contributed by atoms with Crippen LogP contribution in [0.2, 0.25) is 0 Å². The fourth-order valence-corrected chi connectivity index (χ4v) is 5.04. The van der Waals surface area contributed by atoms with E-state index in [0.717, 1.165) is 25.9 Å². The van der Waals surface area contributed by atoms with Crippen LogP contribution in [-0.2, 0) is 14.8 Å². The Morgan fingerprint density at radius 3 is 2.17 bits per heavy atom. The zero-order chi connectivity index (χ0) is 21.4. The molecule has 29 heavy (non-hydrogen) atoms. The van der Waals surface area contributed by atoms with E-state index in [4.69, 9.17) is 9.47 Å². The topological polar surface area (TPSA) is 79.4 Å². The van der Waals surface area contributed by atoms with Gasteiger partial charge in [0, 0.05) is 45.3 Å². The number of nitrogens with zero attached hydrogens (tertiary/aromatic N) is 3. The summed E-state index contributed by atoms with van der Waals surface area (Å²) < 4.78 is 38.1. The second kappa shape index (κ2) is 10.8. The first-order valence-electron chi connectivity index (χ1n) is 10.1. The first-order chi connectivity index (χ1) is 13.9. The van der Waals surface area contributed by atoms with Crippen molar-refractivity contribution in [2.45, 2.75) is 31.6 Å². The van der Waals surface area contributed by atoms with Gasteiger partial charge < -0.3 is 14.4 Å². The number of hydrogen-bond acceptors (Lipinski definition) is 6. The highest BCUT2D eigenvalue weighted by molar-refractivity contribution is 7.89. The third-order valence-electron chi connectivity index (χ3n) is 5.02. The number of ether oxygens (including phenoxy) is 2. The highest BCUT2D eigenvalue weighted by Crippen LogP contribution is 2.31. The first-order valence-corrected chi connectivity index (χ1v) is 11.5. The van der Waals surface area contributed by atoms with Gasteiger partial charge >= 0.3 is 0 Å². The van der Waals surface area contributed by atoms with Crippen molar-refractivity contribution in [2.24, 2.45) is 0 Å². The van der Waals surface area contributed by atoms with Crippen LogP contribution < -0.4 is 9.47 Å². The van der Waals surface area contributed by atoms with Gasteiger partial charge in [0.1, 0.15) is 16.4 Å². The van der Waals surface area contributed by atoms with Gasteiger partial charge in [-0.05, 0) is 25.0 Å². The molecule has 1 amide bonds. The average molecular weight is 428 g/mol. The van der Waals surface area contributed by atoms with Crippen LogP contribution >= 0.6 is 0 Å². The van der Waals surface area contributed by atoms with Crippen LogP contribution in [0.15, 0.2) is 23.1 Å². The van der Waals surface area contributed by atoms with Crippen molar-refractivity contribution >= 4 is 15.9 Å². The standard InChI is InChI=1S/C20H33N3O5S/c1-5-9-22(10-6-2)20(24)16-21-11-13-23(14-12-21)29(25,26)19-15-17(27-3)7-8-18(19)28-4/h7-8,15H,5-6,9-14,16H2,1-4H3. The highest BCUT2D eigenvalue weighted by atomic mass is 32.2. The normalized spacial score (nSPS) is 15.9. The van der Waals surface area contributed by atoms with Crippen molar-refractivity contribution in [2.75, 3.05) is 60.0 Å². The van der Waals surface area contributed by atoms with Gasteiger partial charge in [0.2, 0.25) is 15.9 Å². The number of sulfonamides is 1. The van der Waals surface area contributed by atoms with Crippen molar-refractivity contribution < 1.29 is 22.7 Å². The summed E-state index contributed by atoms with van der Waals surface area (Å²) >= 11 is 0. The lowest BCUT2D eigenvalue weighted by molar-refractivity contribution is -0.132. The van der Waals surface area contributed by atoms with Gasteiger partial charge in [0.05, 0.1) is 20.8 Å². The molecular weight excluding hydrogens is 394 g/mol. The summed E-state index contributed by atoms with van der Waals surface area (Å²) in [5.74, 6) is 0.859. The number of benzene rings is 1. The molecule has 2 rings (SSSR count). The Morgan fingerprint density at radius 2 is 1.66 bits per heavy atom. The highest BCUT2D eigenvalue weighted by Gasteiger charge is 2.32. The molecule has 1 heterocycles. The van der Waals surface area contributed by atoms with E-state index >= 15 is 0 Å². The molecule has 0 unspecified atom stereocenters. The van der Waals surface area contributed by atoms with Gasteiger partial charge in [0.25, 0.3) is 0 Å². The number of rotatable bonds is 10. The van der Waals surface area contributed by atoms with Crippen molar-refractivity contribution in [3.8, 4) is 11.5 Å². The lowest BCUT2D eigenvalue weighted by Gasteiger charge is -2.35. The molecule has 0 aliphatic carbocycles. The van der Waals surface area contributed by atoms with E-state index in [9.17, 15) is 13.2 Å². The van der Waals surface area contributed by atoms with Gasteiger partial charge in [-0.3, -0.25) is 9.69 Å². The fourth-order valence-electron chi connectivity index (χ4n) is 3.44. The van der Waals surface area contributed by atoms with Crippen LogP contribution in [0.25, 0.3) is 0 Å². The molecule has 1 saturated heterocycles. The molecule has 0 N–H and O–H groups in total. The minimum Gasteiger partial charge on any atom is -0.497 e. The Hall–Kier alpha value is -1.84. The van der Waals surface area contributed by atoms with Crippen LogP contribution in [0.4, 0.5) is 0 Å². The molecule has 0 bridgehead atoms. The molecule has 1 aromatic carbocycles. The average Bonchev–Trinajstić information content (AvgIpc) is 2.73. The predicted molar refractivity (Wildman–Crippen MR) is 112 cm³/mol. The molecule has 164 valence electrons. The summed E-state index contributed by atoms with van der Waals surface area (Å²) in [6.45, 7) is 7.67. The fraction of sp³-hybridized carbons (Fsp3) is 0.650. The number of piperazine rings is 1.